The van der Waals surface area contributed by atoms with Crippen LogP contribution in [0.25, 0.3) is 0 Å². The van der Waals surface area contributed by atoms with Crippen LogP contribution in [0, 0.1) is 11.3 Å². The predicted molar refractivity (Wildman–Crippen MR) is 72.1 cm³/mol. The van der Waals surface area contributed by atoms with Gasteiger partial charge in [-0.2, -0.15) is 0 Å². The third-order valence-corrected chi connectivity index (χ3v) is 5.11. The molecule has 0 aromatic heterocycles. The first-order valence-corrected chi connectivity index (χ1v) is 7.61. The Labute approximate surface area is 106 Å². The van der Waals surface area contributed by atoms with Crippen molar-refractivity contribution in [1.29, 1.82) is 0 Å². The van der Waals surface area contributed by atoms with Gasteiger partial charge in [-0.05, 0) is 62.9 Å². The molecular formula is C15H28N2. The molecule has 0 aromatic carbocycles. The van der Waals surface area contributed by atoms with Gasteiger partial charge in [0, 0.05) is 18.6 Å². The SMILES string of the molecule is CC1(C)CCC(N2CCCNC(C3CC3)C2)C1. The van der Waals surface area contributed by atoms with Gasteiger partial charge in [-0.25, -0.2) is 0 Å². The van der Waals surface area contributed by atoms with Crippen molar-refractivity contribution in [2.24, 2.45) is 11.3 Å². The van der Waals surface area contributed by atoms with E-state index in [9.17, 15) is 0 Å². The highest BCUT2D eigenvalue weighted by atomic mass is 15.2. The maximum absolute atomic E-state index is 3.78. The molecule has 2 heteroatoms. The van der Waals surface area contributed by atoms with Crippen LogP contribution in [0.15, 0.2) is 0 Å². The zero-order valence-electron chi connectivity index (χ0n) is 11.5. The Morgan fingerprint density at radius 3 is 2.65 bits per heavy atom. The Morgan fingerprint density at radius 2 is 2.00 bits per heavy atom. The Balaban J connectivity index is 1.61. The molecule has 1 aliphatic heterocycles. The Kier molecular flexibility index (Phi) is 3.20. The van der Waals surface area contributed by atoms with Gasteiger partial charge in [0.1, 0.15) is 0 Å². The van der Waals surface area contributed by atoms with Crippen LogP contribution < -0.4 is 5.32 Å². The lowest BCUT2D eigenvalue weighted by molar-refractivity contribution is 0.178. The average Bonchev–Trinajstić information content (AvgIpc) is 3.06. The van der Waals surface area contributed by atoms with Gasteiger partial charge in [-0.3, -0.25) is 4.90 Å². The van der Waals surface area contributed by atoms with Gasteiger partial charge in [0.2, 0.25) is 0 Å². The van der Waals surface area contributed by atoms with Crippen LogP contribution in [0.5, 0.6) is 0 Å². The smallest absolute Gasteiger partial charge is 0.0223 e. The second-order valence-electron chi connectivity index (χ2n) is 7.31. The van der Waals surface area contributed by atoms with Gasteiger partial charge in [0.05, 0.1) is 0 Å². The molecule has 0 spiro atoms. The van der Waals surface area contributed by atoms with E-state index in [4.69, 9.17) is 0 Å². The van der Waals surface area contributed by atoms with Gasteiger partial charge in [-0.15, -0.1) is 0 Å². The maximum Gasteiger partial charge on any atom is 0.0223 e. The minimum atomic E-state index is 0.597. The van der Waals surface area contributed by atoms with Crippen LogP contribution in [-0.2, 0) is 0 Å². The highest BCUT2D eigenvalue weighted by molar-refractivity contribution is 4.94. The largest absolute Gasteiger partial charge is 0.312 e. The summed E-state index contributed by atoms with van der Waals surface area (Å²) in [5.74, 6) is 1.00. The second kappa shape index (κ2) is 4.55. The molecule has 1 saturated heterocycles. The summed E-state index contributed by atoms with van der Waals surface area (Å²) in [6, 6.07) is 1.69. The molecule has 98 valence electrons. The van der Waals surface area contributed by atoms with E-state index in [1.807, 2.05) is 0 Å². The van der Waals surface area contributed by atoms with Crippen molar-refractivity contribution in [2.45, 2.75) is 64.5 Å². The van der Waals surface area contributed by atoms with Crippen molar-refractivity contribution < 1.29 is 0 Å². The fourth-order valence-corrected chi connectivity index (χ4v) is 3.84. The highest BCUT2D eigenvalue weighted by Gasteiger charge is 2.38. The van der Waals surface area contributed by atoms with Crippen LogP contribution >= 0.6 is 0 Å². The third kappa shape index (κ3) is 2.85. The van der Waals surface area contributed by atoms with Crippen molar-refractivity contribution in [3.63, 3.8) is 0 Å². The normalized spacial score (nSPS) is 39.2. The maximum atomic E-state index is 3.78. The van der Waals surface area contributed by atoms with Crippen molar-refractivity contribution in [3.05, 3.63) is 0 Å². The van der Waals surface area contributed by atoms with E-state index in [1.54, 1.807) is 0 Å². The number of nitrogens with one attached hydrogen (secondary N) is 1. The molecule has 0 aromatic rings. The molecule has 1 heterocycles. The predicted octanol–water partition coefficient (Wildman–Crippen LogP) is 2.64. The van der Waals surface area contributed by atoms with Crippen LogP contribution in [-0.4, -0.2) is 36.6 Å². The van der Waals surface area contributed by atoms with E-state index < -0.39 is 0 Å². The summed E-state index contributed by atoms with van der Waals surface area (Å²) in [6.45, 7) is 8.79. The van der Waals surface area contributed by atoms with Crippen molar-refractivity contribution >= 4 is 0 Å². The van der Waals surface area contributed by atoms with E-state index in [0.29, 0.717) is 5.41 Å². The Morgan fingerprint density at radius 1 is 1.18 bits per heavy atom. The number of hydrogen-bond donors (Lipinski definition) is 1. The minimum Gasteiger partial charge on any atom is -0.312 e. The van der Waals surface area contributed by atoms with Gasteiger partial charge in [-0.1, -0.05) is 13.8 Å². The zero-order valence-corrected chi connectivity index (χ0v) is 11.5. The summed E-state index contributed by atoms with van der Waals surface area (Å²) in [5.41, 5.74) is 0.597. The van der Waals surface area contributed by atoms with Crippen LogP contribution in [0.3, 0.4) is 0 Å². The summed E-state index contributed by atoms with van der Waals surface area (Å²) >= 11 is 0. The van der Waals surface area contributed by atoms with Crippen molar-refractivity contribution in [2.75, 3.05) is 19.6 Å². The molecule has 0 amide bonds. The molecule has 1 N–H and O–H groups in total. The topological polar surface area (TPSA) is 15.3 Å². The van der Waals surface area contributed by atoms with Gasteiger partial charge < -0.3 is 5.32 Å². The van der Waals surface area contributed by atoms with Gasteiger partial charge in [0.25, 0.3) is 0 Å². The van der Waals surface area contributed by atoms with E-state index in [2.05, 4.69) is 24.1 Å². The number of hydrogen-bond acceptors (Lipinski definition) is 2. The molecule has 0 bridgehead atoms. The van der Waals surface area contributed by atoms with E-state index in [1.165, 1.54) is 58.2 Å². The third-order valence-electron chi connectivity index (χ3n) is 5.11. The fraction of sp³-hybridized carbons (Fsp3) is 1.00. The zero-order chi connectivity index (χ0) is 11.9. The summed E-state index contributed by atoms with van der Waals surface area (Å²) in [7, 11) is 0. The van der Waals surface area contributed by atoms with Crippen molar-refractivity contribution in [1.82, 2.24) is 10.2 Å². The lowest BCUT2D eigenvalue weighted by Crippen LogP contribution is -2.43. The molecule has 2 atom stereocenters. The molecule has 0 radical (unpaired) electrons. The van der Waals surface area contributed by atoms with Gasteiger partial charge >= 0.3 is 0 Å². The molecule has 3 fully saturated rings. The summed E-state index contributed by atoms with van der Waals surface area (Å²) < 4.78 is 0. The average molecular weight is 236 g/mol. The lowest BCUT2D eigenvalue weighted by atomic mass is 9.91. The Hall–Kier alpha value is -0.0800. The van der Waals surface area contributed by atoms with Crippen LogP contribution in [0.1, 0.15) is 52.4 Å². The summed E-state index contributed by atoms with van der Waals surface area (Å²) in [4.78, 5) is 2.82. The molecule has 17 heavy (non-hydrogen) atoms. The first kappa shape index (κ1) is 12.0. The molecular weight excluding hydrogens is 208 g/mol. The lowest BCUT2D eigenvalue weighted by Gasteiger charge is -2.31. The standard InChI is InChI=1S/C15H28N2/c1-15(2)7-6-13(10-15)17-9-3-8-16-14(11-17)12-4-5-12/h12-14,16H,3-11H2,1-2H3. The highest BCUT2D eigenvalue weighted by Crippen LogP contribution is 2.40. The molecule has 3 rings (SSSR count). The van der Waals surface area contributed by atoms with Gasteiger partial charge in [0.15, 0.2) is 0 Å². The molecule has 2 unspecified atom stereocenters. The molecule has 2 aliphatic carbocycles. The minimum absolute atomic E-state index is 0.597. The van der Waals surface area contributed by atoms with Crippen LogP contribution in [0.4, 0.5) is 0 Å². The molecule has 3 aliphatic rings. The van der Waals surface area contributed by atoms with Crippen molar-refractivity contribution in [3.8, 4) is 0 Å². The number of nitrogens with zero attached hydrogens (tertiary/aromatic N) is 1. The first-order valence-electron chi connectivity index (χ1n) is 7.61. The number of rotatable bonds is 2. The fourth-order valence-electron chi connectivity index (χ4n) is 3.84. The van der Waals surface area contributed by atoms with Crippen LogP contribution in [0.2, 0.25) is 0 Å². The quantitative estimate of drug-likeness (QED) is 0.793. The second-order valence-corrected chi connectivity index (χ2v) is 7.31. The summed E-state index contributed by atoms with van der Waals surface area (Å²) in [6.07, 6.45) is 8.58. The molecule has 2 saturated carbocycles. The first-order chi connectivity index (χ1) is 8.14. The monoisotopic (exact) mass is 236 g/mol. The van der Waals surface area contributed by atoms with E-state index in [0.717, 1.165) is 18.0 Å². The molecule has 2 nitrogen and oxygen atoms in total. The Bertz CT molecular complexity index is 270. The summed E-state index contributed by atoms with van der Waals surface area (Å²) in [5, 5.41) is 3.78. The van der Waals surface area contributed by atoms with E-state index >= 15 is 0 Å². The van der Waals surface area contributed by atoms with E-state index in [-0.39, 0.29) is 0 Å².